The quantitative estimate of drug-likeness (QED) is 0.771. The number of carbonyl (C=O) groups is 1. The minimum absolute atomic E-state index is 0.280. The Morgan fingerprint density at radius 2 is 1.88 bits per heavy atom. The van der Waals surface area contributed by atoms with Gasteiger partial charge < -0.3 is 9.84 Å². The van der Waals surface area contributed by atoms with E-state index in [0.717, 1.165) is 19.3 Å². The number of hydrogen-bond donors (Lipinski definition) is 1. The smallest absolute Gasteiger partial charge is 0.314 e. The minimum Gasteiger partial charge on any atom is -0.465 e. The molecular formula is C14H26O3. The van der Waals surface area contributed by atoms with Gasteiger partial charge in [0.15, 0.2) is 0 Å². The number of aliphatic hydroxyl groups is 1. The van der Waals surface area contributed by atoms with Gasteiger partial charge in [0, 0.05) is 0 Å². The molecule has 0 aliphatic heterocycles. The number of rotatable bonds is 4. The highest BCUT2D eigenvalue weighted by Crippen LogP contribution is 2.45. The van der Waals surface area contributed by atoms with Gasteiger partial charge in [-0.25, -0.2) is 0 Å². The van der Waals surface area contributed by atoms with E-state index in [4.69, 9.17) is 4.74 Å². The second-order valence-electron chi connectivity index (χ2n) is 5.73. The molecule has 3 nitrogen and oxygen atoms in total. The summed E-state index contributed by atoms with van der Waals surface area (Å²) in [4.78, 5) is 11.9. The average molecular weight is 242 g/mol. The van der Waals surface area contributed by atoms with Crippen LogP contribution in [0.15, 0.2) is 0 Å². The molecule has 17 heavy (non-hydrogen) atoms. The number of esters is 1. The van der Waals surface area contributed by atoms with E-state index in [0.29, 0.717) is 25.4 Å². The molecule has 0 aromatic heterocycles. The molecule has 3 heteroatoms. The Hall–Kier alpha value is -0.570. The summed E-state index contributed by atoms with van der Waals surface area (Å²) in [6.45, 7) is 7.96. The third-order valence-corrected chi connectivity index (χ3v) is 4.46. The Morgan fingerprint density at radius 1 is 1.35 bits per heavy atom. The van der Waals surface area contributed by atoms with Crippen molar-refractivity contribution < 1.29 is 14.6 Å². The van der Waals surface area contributed by atoms with E-state index in [1.54, 1.807) is 20.8 Å². The topological polar surface area (TPSA) is 46.5 Å². The molecule has 0 unspecified atom stereocenters. The Morgan fingerprint density at radius 3 is 2.29 bits per heavy atom. The molecular weight excluding hydrogens is 216 g/mol. The highest BCUT2D eigenvalue weighted by molar-refractivity contribution is 5.77. The molecule has 0 aromatic rings. The molecule has 1 saturated carbocycles. The Labute approximate surface area is 105 Å². The molecule has 1 fully saturated rings. The summed E-state index contributed by atoms with van der Waals surface area (Å²) in [5.74, 6) is 0.422. The van der Waals surface area contributed by atoms with Gasteiger partial charge in [0.05, 0.1) is 17.6 Å². The van der Waals surface area contributed by atoms with E-state index in [1.165, 1.54) is 0 Å². The largest absolute Gasteiger partial charge is 0.465 e. The zero-order valence-corrected chi connectivity index (χ0v) is 11.6. The van der Waals surface area contributed by atoms with Crippen LogP contribution in [0.2, 0.25) is 0 Å². The summed E-state index contributed by atoms with van der Waals surface area (Å²) in [6, 6.07) is 0. The molecule has 0 amide bonds. The molecule has 0 aromatic carbocycles. The summed E-state index contributed by atoms with van der Waals surface area (Å²) >= 11 is 0. The van der Waals surface area contributed by atoms with E-state index >= 15 is 0 Å². The van der Waals surface area contributed by atoms with Crippen LogP contribution < -0.4 is 0 Å². The first-order valence-electron chi connectivity index (χ1n) is 6.77. The lowest BCUT2D eigenvalue weighted by atomic mass is 9.65. The van der Waals surface area contributed by atoms with Crippen molar-refractivity contribution in [1.82, 2.24) is 0 Å². The summed E-state index contributed by atoms with van der Waals surface area (Å²) in [5, 5.41) is 10.7. The Kier molecular flexibility index (Phi) is 4.59. The summed E-state index contributed by atoms with van der Waals surface area (Å²) in [7, 11) is 0. The Bertz CT molecular complexity index is 263. The second kappa shape index (κ2) is 5.38. The normalized spacial score (nSPS) is 30.1. The zero-order valence-electron chi connectivity index (χ0n) is 11.6. The van der Waals surface area contributed by atoms with Crippen LogP contribution in [0.4, 0.5) is 0 Å². The predicted molar refractivity (Wildman–Crippen MR) is 67.6 cm³/mol. The summed E-state index contributed by atoms with van der Waals surface area (Å²) in [5.41, 5.74) is -1.70. The van der Waals surface area contributed by atoms with Gasteiger partial charge in [0.2, 0.25) is 0 Å². The fourth-order valence-corrected chi connectivity index (χ4v) is 2.69. The molecule has 0 saturated heterocycles. The lowest BCUT2D eigenvalue weighted by molar-refractivity contribution is -0.176. The number of ether oxygens (including phenoxy) is 1. The van der Waals surface area contributed by atoms with Crippen molar-refractivity contribution in [3.63, 3.8) is 0 Å². The maximum atomic E-state index is 11.9. The molecule has 1 aliphatic rings. The number of carbonyl (C=O) groups excluding carboxylic acids is 1. The molecule has 0 radical (unpaired) electrons. The van der Waals surface area contributed by atoms with E-state index < -0.39 is 11.0 Å². The molecule has 1 rings (SSSR count). The van der Waals surface area contributed by atoms with E-state index in [2.05, 4.69) is 6.92 Å². The van der Waals surface area contributed by atoms with Gasteiger partial charge in [-0.2, -0.15) is 0 Å². The van der Waals surface area contributed by atoms with Gasteiger partial charge in [-0.15, -0.1) is 0 Å². The van der Waals surface area contributed by atoms with Crippen LogP contribution in [0.3, 0.4) is 0 Å². The SMILES string of the molecule is CCOC(=O)C(C)(C)C1(O)CCC(CC)CC1. The lowest BCUT2D eigenvalue weighted by Crippen LogP contribution is -2.52. The van der Waals surface area contributed by atoms with Gasteiger partial charge in [-0.3, -0.25) is 4.79 Å². The average Bonchev–Trinajstić information content (AvgIpc) is 2.30. The van der Waals surface area contributed by atoms with Crippen LogP contribution in [0.25, 0.3) is 0 Å². The van der Waals surface area contributed by atoms with Gasteiger partial charge in [0.25, 0.3) is 0 Å². The fraction of sp³-hybridized carbons (Fsp3) is 0.929. The van der Waals surface area contributed by atoms with Gasteiger partial charge in [-0.05, 0) is 52.4 Å². The molecule has 0 spiro atoms. The van der Waals surface area contributed by atoms with Crippen molar-refractivity contribution in [3.05, 3.63) is 0 Å². The highest BCUT2D eigenvalue weighted by atomic mass is 16.5. The van der Waals surface area contributed by atoms with Crippen LogP contribution in [0.5, 0.6) is 0 Å². The van der Waals surface area contributed by atoms with Crippen LogP contribution in [-0.4, -0.2) is 23.3 Å². The van der Waals surface area contributed by atoms with Crippen LogP contribution in [0.1, 0.15) is 59.8 Å². The highest BCUT2D eigenvalue weighted by Gasteiger charge is 2.50. The standard InChI is InChI=1S/C14H26O3/c1-5-11-7-9-14(16,10-8-11)13(3,4)12(15)17-6-2/h11,16H,5-10H2,1-4H3. The summed E-state index contributed by atoms with van der Waals surface area (Å²) in [6.07, 6.45) is 4.59. The molecule has 0 bridgehead atoms. The molecule has 0 atom stereocenters. The second-order valence-corrected chi connectivity index (χ2v) is 5.73. The van der Waals surface area contributed by atoms with Crippen molar-refractivity contribution in [3.8, 4) is 0 Å². The van der Waals surface area contributed by atoms with Crippen molar-refractivity contribution >= 4 is 5.97 Å². The molecule has 100 valence electrons. The van der Waals surface area contributed by atoms with Crippen LogP contribution >= 0.6 is 0 Å². The van der Waals surface area contributed by atoms with Crippen molar-refractivity contribution in [2.75, 3.05) is 6.61 Å². The van der Waals surface area contributed by atoms with E-state index in [-0.39, 0.29) is 5.97 Å². The lowest BCUT2D eigenvalue weighted by Gasteiger charge is -2.45. The molecule has 1 N–H and O–H groups in total. The maximum absolute atomic E-state index is 11.9. The van der Waals surface area contributed by atoms with Crippen LogP contribution in [-0.2, 0) is 9.53 Å². The molecule has 0 heterocycles. The molecule has 1 aliphatic carbocycles. The number of hydrogen-bond acceptors (Lipinski definition) is 3. The van der Waals surface area contributed by atoms with Gasteiger partial charge in [0.1, 0.15) is 0 Å². The third-order valence-electron chi connectivity index (χ3n) is 4.46. The first-order valence-corrected chi connectivity index (χ1v) is 6.77. The predicted octanol–water partition coefficient (Wildman–Crippen LogP) is 2.91. The Balaban J connectivity index is 2.73. The van der Waals surface area contributed by atoms with E-state index in [1.807, 2.05) is 0 Å². The minimum atomic E-state index is -0.898. The maximum Gasteiger partial charge on any atom is 0.314 e. The first-order chi connectivity index (χ1) is 7.87. The third kappa shape index (κ3) is 2.82. The van der Waals surface area contributed by atoms with Crippen molar-refractivity contribution in [2.24, 2.45) is 11.3 Å². The van der Waals surface area contributed by atoms with Gasteiger partial charge in [-0.1, -0.05) is 13.3 Å². The monoisotopic (exact) mass is 242 g/mol. The van der Waals surface area contributed by atoms with Crippen molar-refractivity contribution in [2.45, 2.75) is 65.4 Å². The zero-order chi connectivity index (χ0) is 13.1. The van der Waals surface area contributed by atoms with Crippen LogP contribution in [0, 0.1) is 11.3 Å². The van der Waals surface area contributed by atoms with E-state index in [9.17, 15) is 9.90 Å². The summed E-state index contributed by atoms with van der Waals surface area (Å²) < 4.78 is 5.08. The fourth-order valence-electron chi connectivity index (χ4n) is 2.69. The van der Waals surface area contributed by atoms with Crippen molar-refractivity contribution in [1.29, 1.82) is 0 Å². The van der Waals surface area contributed by atoms with Gasteiger partial charge >= 0.3 is 5.97 Å². The first kappa shape index (κ1) is 14.5.